The summed E-state index contributed by atoms with van der Waals surface area (Å²) >= 11 is 0. The molecule has 3 aromatic rings. The number of hydrogen-bond donors (Lipinski definition) is 3. The summed E-state index contributed by atoms with van der Waals surface area (Å²) in [4.78, 5) is 53.0. The van der Waals surface area contributed by atoms with Crippen LogP contribution in [0.15, 0.2) is 65.2 Å². The SMILES string of the molecule is CCOC(=O)C=C[C@H](CCC(N)=O)N(NC(=O)c1ccc(-c2cc(C)no2)[nH]1)C(=O)CCc1ccccc1. The van der Waals surface area contributed by atoms with Crippen molar-refractivity contribution in [1.29, 1.82) is 0 Å². The number of nitrogens with zero attached hydrogens (tertiary/aromatic N) is 2. The normalized spacial score (nSPS) is 11.7. The number of rotatable bonds is 12. The summed E-state index contributed by atoms with van der Waals surface area (Å²) in [5.41, 5.74) is 10.3. The molecule has 200 valence electrons. The molecule has 3 amide bonds. The van der Waals surface area contributed by atoms with E-state index in [1.165, 1.54) is 6.08 Å². The zero-order valence-electron chi connectivity index (χ0n) is 21.3. The highest BCUT2D eigenvalue weighted by molar-refractivity contribution is 5.94. The number of esters is 1. The minimum Gasteiger partial charge on any atom is -0.463 e. The van der Waals surface area contributed by atoms with E-state index in [0.717, 1.165) is 16.6 Å². The number of ether oxygens (including phenoxy) is 1. The first-order chi connectivity index (χ1) is 18.3. The molecule has 11 nitrogen and oxygen atoms in total. The van der Waals surface area contributed by atoms with E-state index in [4.69, 9.17) is 15.0 Å². The van der Waals surface area contributed by atoms with E-state index in [2.05, 4.69) is 15.6 Å². The van der Waals surface area contributed by atoms with Crippen LogP contribution in [0.25, 0.3) is 11.5 Å². The number of H-pyrrole nitrogens is 1. The highest BCUT2D eigenvalue weighted by atomic mass is 16.5. The molecular weight excluding hydrogens is 490 g/mol. The van der Waals surface area contributed by atoms with Gasteiger partial charge in [0.2, 0.25) is 11.8 Å². The molecule has 0 spiro atoms. The van der Waals surface area contributed by atoms with Gasteiger partial charge in [-0.05, 0) is 44.4 Å². The van der Waals surface area contributed by atoms with Gasteiger partial charge in [0.1, 0.15) is 5.69 Å². The Morgan fingerprint density at radius 3 is 2.58 bits per heavy atom. The Balaban J connectivity index is 1.85. The molecule has 0 fully saturated rings. The zero-order chi connectivity index (χ0) is 27.5. The highest BCUT2D eigenvalue weighted by Gasteiger charge is 2.26. The van der Waals surface area contributed by atoms with Crippen molar-refractivity contribution < 1.29 is 28.4 Å². The molecule has 4 N–H and O–H groups in total. The topological polar surface area (TPSA) is 161 Å². The van der Waals surface area contributed by atoms with Gasteiger partial charge >= 0.3 is 5.97 Å². The fraction of sp³-hybridized carbons (Fsp3) is 0.296. The molecule has 0 aliphatic rings. The third-order valence-corrected chi connectivity index (χ3v) is 5.54. The van der Waals surface area contributed by atoms with Crippen LogP contribution < -0.4 is 11.2 Å². The van der Waals surface area contributed by atoms with Gasteiger partial charge in [-0.3, -0.25) is 19.8 Å². The number of nitrogens with two attached hydrogens (primary N) is 1. The van der Waals surface area contributed by atoms with Crippen LogP contribution in [0.3, 0.4) is 0 Å². The number of aryl methyl sites for hydroxylation is 2. The maximum absolute atomic E-state index is 13.4. The summed E-state index contributed by atoms with van der Waals surface area (Å²) in [6.45, 7) is 3.62. The Hall–Kier alpha value is -4.67. The van der Waals surface area contributed by atoms with Crippen molar-refractivity contribution >= 4 is 23.7 Å². The maximum atomic E-state index is 13.4. The van der Waals surface area contributed by atoms with E-state index in [9.17, 15) is 19.2 Å². The first-order valence-electron chi connectivity index (χ1n) is 12.2. The number of nitrogens with one attached hydrogen (secondary N) is 2. The maximum Gasteiger partial charge on any atom is 0.330 e. The Morgan fingerprint density at radius 1 is 1.16 bits per heavy atom. The number of amides is 3. The van der Waals surface area contributed by atoms with Crippen LogP contribution >= 0.6 is 0 Å². The molecule has 38 heavy (non-hydrogen) atoms. The predicted octanol–water partition coefficient (Wildman–Crippen LogP) is 2.84. The molecular formula is C27H31N5O6. The zero-order valence-corrected chi connectivity index (χ0v) is 21.3. The molecule has 0 unspecified atom stereocenters. The van der Waals surface area contributed by atoms with Crippen molar-refractivity contribution in [1.82, 2.24) is 20.6 Å². The lowest BCUT2D eigenvalue weighted by Gasteiger charge is -2.30. The van der Waals surface area contributed by atoms with Crippen LogP contribution in [0.4, 0.5) is 0 Å². The number of carbonyl (C=O) groups excluding carboxylic acids is 4. The Kier molecular flexibility index (Phi) is 9.98. The van der Waals surface area contributed by atoms with Crippen molar-refractivity contribution in [2.45, 2.75) is 45.6 Å². The largest absolute Gasteiger partial charge is 0.463 e. The summed E-state index contributed by atoms with van der Waals surface area (Å²) < 4.78 is 10.2. The van der Waals surface area contributed by atoms with E-state index >= 15 is 0 Å². The van der Waals surface area contributed by atoms with Gasteiger partial charge in [-0.1, -0.05) is 41.6 Å². The van der Waals surface area contributed by atoms with Crippen molar-refractivity contribution in [3.8, 4) is 11.5 Å². The van der Waals surface area contributed by atoms with Gasteiger partial charge in [-0.2, -0.15) is 0 Å². The number of primary amides is 1. The summed E-state index contributed by atoms with van der Waals surface area (Å²) in [6.07, 6.45) is 3.08. The van der Waals surface area contributed by atoms with Gasteiger partial charge < -0.3 is 20.0 Å². The lowest BCUT2D eigenvalue weighted by atomic mass is 10.1. The number of benzene rings is 1. The quantitative estimate of drug-likeness (QED) is 0.188. The average Bonchev–Trinajstić information content (AvgIpc) is 3.56. The summed E-state index contributed by atoms with van der Waals surface area (Å²) in [6, 6.07) is 13.5. The molecule has 2 heterocycles. The van der Waals surface area contributed by atoms with Gasteiger partial charge in [0, 0.05) is 25.0 Å². The minimum absolute atomic E-state index is 0.0674. The minimum atomic E-state index is -0.842. The third-order valence-electron chi connectivity index (χ3n) is 5.54. The van der Waals surface area contributed by atoms with Crippen LogP contribution in [0, 0.1) is 6.92 Å². The molecule has 0 bridgehead atoms. The second kappa shape index (κ2) is 13.6. The number of hydrogen-bond acceptors (Lipinski definition) is 7. The molecule has 3 rings (SSSR count). The van der Waals surface area contributed by atoms with Crippen molar-refractivity contribution in [3.05, 3.63) is 77.6 Å². The summed E-state index contributed by atoms with van der Waals surface area (Å²) in [7, 11) is 0. The fourth-order valence-corrected chi connectivity index (χ4v) is 3.66. The number of carbonyl (C=O) groups is 4. The van der Waals surface area contributed by atoms with E-state index in [1.807, 2.05) is 30.3 Å². The molecule has 0 saturated heterocycles. The van der Waals surface area contributed by atoms with Gasteiger partial charge in [-0.25, -0.2) is 9.80 Å². The standard InChI is InChI=1S/C27H31N5O6/c1-3-37-26(35)16-11-20(10-14-24(28)33)32(25(34)15-9-19-7-5-4-6-8-19)30-27(36)22-13-12-21(29-22)23-17-18(2)31-38-23/h4-8,11-13,16-17,20,29H,3,9-10,14-15H2,1-2H3,(H2,28,33)(H,30,36)/t20-/m0/s1. The monoisotopic (exact) mass is 521 g/mol. The smallest absolute Gasteiger partial charge is 0.330 e. The van der Waals surface area contributed by atoms with Gasteiger partial charge in [0.05, 0.1) is 24.0 Å². The lowest BCUT2D eigenvalue weighted by molar-refractivity contribution is -0.138. The van der Waals surface area contributed by atoms with Crippen LogP contribution in [0.5, 0.6) is 0 Å². The first-order valence-corrected chi connectivity index (χ1v) is 12.2. The first kappa shape index (κ1) is 27.9. The van der Waals surface area contributed by atoms with Crippen LogP contribution in [-0.2, 0) is 25.5 Å². The van der Waals surface area contributed by atoms with Gasteiger partial charge in [0.15, 0.2) is 5.76 Å². The summed E-state index contributed by atoms with van der Waals surface area (Å²) in [5.74, 6) is -1.76. The number of hydrazine groups is 1. The summed E-state index contributed by atoms with van der Waals surface area (Å²) in [5, 5.41) is 4.97. The van der Waals surface area contributed by atoms with E-state index in [0.29, 0.717) is 23.6 Å². The number of aromatic amines is 1. The van der Waals surface area contributed by atoms with E-state index < -0.39 is 29.7 Å². The molecule has 1 aromatic carbocycles. The Bertz CT molecular complexity index is 1280. The van der Waals surface area contributed by atoms with Gasteiger partial charge in [-0.15, -0.1) is 0 Å². The molecule has 2 aromatic heterocycles. The van der Waals surface area contributed by atoms with Gasteiger partial charge in [0.25, 0.3) is 5.91 Å². The molecule has 0 radical (unpaired) electrons. The van der Waals surface area contributed by atoms with Crippen molar-refractivity contribution in [3.63, 3.8) is 0 Å². The predicted molar refractivity (Wildman–Crippen MR) is 138 cm³/mol. The van der Waals surface area contributed by atoms with Crippen molar-refractivity contribution in [2.24, 2.45) is 5.73 Å². The molecule has 0 saturated carbocycles. The second-order valence-corrected chi connectivity index (χ2v) is 8.49. The van der Waals surface area contributed by atoms with Crippen LogP contribution in [-0.4, -0.2) is 51.5 Å². The fourth-order valence-electron chi connectivity index (χ4n) is 3.66. The van der Waals surface area contributed by atoms with Crippen LogP contribution in [0.2, 0.25) is 0 Å². The molecule has 11 heteroatoms. The van der Waals surface area contributed by atoms with E-state index in [-0.39, 0.29) is 31.6 Å². The molecule has 0 aliphatic heterocycles. The Labute approximate surface area is 220 Å². The average molecular weight is 522 g/mol. The molecule has 1 atom stereocenters. The lowest BCUT2D eigenvalue weighted by Crippen LogP contribution is -2.51. The van der Waals surface area contributed by atoms with Crippen LogP contribution in [0.1, 0.15) is 47.9 Å². The molecule has 0 aliphatic carbocycles. The van der Waals surface area contributed by atoms with E-state index in [1.54, 1.807) is 32.0 Å². The highest BCUT2D eigenvalue weighted by Crippen LogP contribution is 2.20. The Morgan fingerprint density at radius 2 is 1.92 bits per heavy atom. The number of aromatic nitrogens is 2. The third kappa shape index (κ3) is 8.19. The van der Waals surface area contributed by atoms with Crippen molar-refractivity contribution in [2.75, 3.05) is 6.61 Å². The second-order valence-electron chi connectivity index (χ2n) is 8.49.